The number of carbonyl (C=O) groups is 1. The van der Waals surface area contributed by atoms with Gasteiger partial charge in [0.15, 0.2) is 5.96 Å². The van der Waals surface area contributed by atoms with Gasteiger partial charge in [0.1, 0.15) is 6.10 Å². The fraction of sp³-hybridized carbons (Fsp3) is 0.680. The van der Waals surface area contributed by atoms with Crippen LogP contribution in [0.1, 0.15) is 43.7 Å². The number of piperidine rings is 1. The molecule has 3 fully saturated rings. The first-order valence-corrected chi connectivity index (χ1v) is 12.3. The number of guanidine groups is 1. The van der Waals surface area contributed by atoms with Gasteiger partial charge in [-0.25, -0.2) is 0 Å². The van der Waals surface area contributed by atoms with E-state index in [1.54, 1.807) is 0 Å². The molecule has 1 amide bonds. The Morgan fingerprint density at radius 2 is 1.76 bits per heavy atom. The maximum atomic E-state index is 12.6. The van der Waals surface area contributed by atoms with Gasteiger partial charge in [-0.1, -0.05) is 31.2 Å². The predicted molar refractivity (Wildman–Crippen MR) is 143 cm³/mol. The standard InChI is InChI=1S/C25H39N5O2.HI/c1-20-8-10-28(11-9-20)19-22-6-3-5-21(17-22)18-27-25(26-2)30-14-12-29(13-15-30)24(31)23-7-4-16-32-23;/h3,5-6,17,20,23H,4,7-16,18-19H2,1-2H3,(H,26,27);1H. The van der Waals surface area contributed by atoms with Crippen molar-refractivity contribution in [2.24, 2.45) is 10.9 Å². The third kappa shape index (κ3) is 7.29. The van der Waals surface area contributed by atoms with Gasteiger partial charge in [0, 0.05) is 52.9 Å². The number of hydrogen-bond acceptors (Lipinski definition) is 4. The van der Waals surface area contributed by atoms with E-state index in [0.29, 0.717) is 6.61 Å². The van der Waals surface area contributed by atoms with Crippen LogP contribution >= 0.6 is 24.0 Å². The van der Waals surface area contributed by atoms with Crippen LogP contribution in [0.3, 0.4) is 0 Å². The van der Waals surface area contributed by atoms with E-state index in [1.165, 1.54) is 37.1 Å². The van der Waals surface area contributed by atoms with Crippen molar-refractivity contribution in [2.45, 2.75) is 51.8 Å². The topological polar surface area (TPSA) is 60.4 Å². The molecule has 7 nitrogen and oxygen atoms in total. The average Bonchev–Trinajstić information content (AvgIpc) is 3.36. The van der Waals surface area contributed by atoms with Gasteiger partial charge in [0.2, 0.25) is 0 Å². The third-order valence-corrected chi connectivity index (χ3v) is 7.03. The number of hydrogen-bond donors (Lipinski definition) is 1. The highest BCUT2D eigenvalue weighted by Gasteiger charge is 2.30. The summed E-state index contributed by atoms with van der Waals surface area (Å²) in [6.45, 7) is 10.3. The predicted octanol–water partition coefficient (Wildman–Crippen LogP) is 2.94. The highest BCUT2D eigenvalue weighted by molar-refractivity contribution is 14.0. The molecule has 3 aliphatic rings. The van der Waals surface area contributed by atoms with E-state index < -0.39 is 0 Å². The van der Waals surface area contributed by atoms with Gasteiger partial charge in [-0.15, -0.1) is 24.0 Å². The van der Waals surface area contributed by atoms with Crippen molar-refractivity contribution in [3.63, 3.8) is 0 Å². The molecular weight excluding hydrogens is 529 g/mol. The van der Waals surface area contributed by atoms with Crippen LogP contribution in [0.5, 0.6) is 0 Å². The second kappa shape index (κ2) is 12.9. The fourth-order valence-electron chi connectivity index (χ4n) is 4.94. The number of nitrogens with zero attached hydrogens (tertiary/aromatic N) is 4. The third-order valence-electron chi connectivity index (χ3n) is 7.03. The molecule has 0 saturated carbocycles. The number of benzene rings is 1. The lowest BCUT2D eigenvalue weighted by atomic mass is 9.98. The number of ether oxygens (including phenoxy) is 1. The van der Waals surface area contributed by atoms with E-state index in [0.717, 1.165) is 64.0 Å². The van der Waals surface area contributed by atoms with Crippen LogP contribution in [0.15, 0.2) is 29.3 Å². The van der Waals surface area contributed by atoms with Crippen molar-refractivity contribution in [3.05, 3.63) is 35.4 Å². The van der Waals surface area contributed by atoms with Gasteiger partial charge in [-0.3, -0.25) is 14.7 Å². The number of aliphatic imine (C=N–C) groups is 1. The molecule has 1 N–H and O–H groups in total. The quantitative estimate of drug-likeness (QED) is 0.336. The van der Waals surface area contributed by atoms with Crippen LogP contribution in [0.2, 0.25) is 0 Å². The summed E-state index contributed by atoms with van der Waals surface area (Å²) in [7, 11) is 1.83. The number of rotatable bonds is 5. The number of nitrogens with one attached hydrogen (secondary N) is 1. The van der Waals surface area contributed by atoms with Gasteiger partial charge in [0.05, 0.1) is 0 Å². The Morgan fingerprint density at radius 1 is 1.06 bits per heavy atom. The summed E-state index contributed by atoms with van der Waals surface area (Å²) in [5.41, 5.74) is 2.66. The van der Waals surface area contributed by atoms with E-state index in [4.69, 9.17) is 4.74 Å². The Hall–Kier alpha value is -1.39. The second-order valence-electron chi connectivity index (χ2n) is 9.49. The van der Waals surface area contributed by atoms with Crippen LogP contribution in [0.4, 0.5) is 0 Å². The molecule has 1 atom stereocenters. The zero-order chi connectivity index (χ0) is 22.3. The number of carbonyl (C=O) groups excluding carboxylic acids is 1. The van der Waals surface area contributed by atoms with Gasteiger partial charge in [0.25, 0.3) is 5.91 Å². The Balaban J connectivity index is 0.00000306. The molecule has 1 aromatic carbocycles. The molecular formula is C25H40IN5O2. The number of halogens is 1. The van der Waals surface area contributed by atoms with Crippen LogP contribution in [0.25, 0.3) is 0 Å². The monoisotopic (exact) mass is 569 g/mol. The van der Waals surface area contributed by atoms with Crippen LogP contribution in [-0.2, 0) is 22.6 Å². The zero-order valence-corrected chi connectivity index (χ0v) is 22.5. The number of amides is 1. The maximum Gasteiger partial charge on any atom is 0.251 e. The molecule has 0 bridgehead atoms. The van der Waals surface area contributed by atoms with Crippen molar-refractivity contribution in [1.82, 2.24) is 20.0 Å². The van der Waals surface area contributed by atoms with Gasteiger partial charge in [-0.2, -0.15) is 0 Å². The average molecular weight is 570 g/mol. The summed E-state index contributed by atoms with van der Waals surface area (Å²) in [4.78, 5) is 23.8. The first-order chi connectivity index (χ1) is 15.6. The van der Waals surface area contributed by atoms with Crippen LogP contribution < -0.4 is 5.32 Å². The molecule has 0 aromatic heterocycles. The summed E-state index contributed by atoms with van der Waals surface area (Å²) >= 11 is 0. The van der Waals surface area contributed by atoms with Gasteiger partial charge in [-0.05, 0) is 55.8 Å². The smallest absolute Gasteiger partial charge is 0.251 e. The summed E-state index contributed by atoms with van der Waals surface area (Å²) < 4.78 is 5.57. The molecule has 0 spiro atoms. The van der Waals surface area contributed by atoms with E-state index in [9.17, 15) is 4.79 Å². The molecule has 1 unspecified atom stereocenters. The summed E-state index contributed by atoms with van der Waals surface area (Å²) in [6, 6.07) is 8.90. The molecule has 0 radical (unpaired) electrons. The molecule has 3 aliphatic heterocycles. The van der Waals surface area contributed by atoms with E-state index >= 15 is 0 Å². The minimum Gasteiger partial charge on any atom is -0.368 e. The molecule has 3 heterocycles. The lowest BCUT2D eigenvalue weighted by molar-refractivity contribution is -0.142. The van der Waals surface area contributed by atoms with Crippen molar-refractivity contribution < 1.29 is 9.53 Å². The molecule has 0 aliphatic carbocycles. The molecule has 8 heteroatoms. The lowest BCUT2D eigenvalue weighted by Crippen LogP contribution is -2.55. The highest BCUT2D eigenvalue weighted by atomic mass is 127. The van der Waals surface area contributed by atoms with Crippen LogP contribution in [-0.4, -0.2) is 85.6 Å². The summed E-state index contributed by atoms with van der Waals surface area (Å²) in [5.74, 6) is 1.93. The Labute approximate surface area is 215 Å². The second-order valence-corrected chi connectivity index (χ2v) is 9.49. The largest absolute Gasteiger partial charge is 0.368 e. The molecule has 4 rings (SSSR count). The lowest BCUT2D eigenvalue weighted by Gasteiger charge is -2.37. The molecule has 33 heavy (non-hydrogen) atoms. The van der Waals surface area contributed by atoms with E-state index in [1.807, 2.05) is 11.9 Å². The van der Waals surface area contributed by atoms with Gasteiger partial charge < -0.3 is 19.9 Å². The van der Waals surface area contributed by atoms with Crippen molar-refractivity contribution in [1.29, 1.82) is 0 Å². The summed E-state index contributed by atoms with van der Waals surface area (Å²) in [6.07, 6.45) is 4.25. The molecule has 184 valence electrons. The molecule has 1 aromatic rings. The Kier molecular flexibility index (Phi) is 10.2. The highest BCUT2D eigenvalue weighted by Crippen LogP contribution is 2.19. The van der Waals surface area contributed by atoms with Crippen LogP contribution in [0, 0.1) is 5.92 Å². The SMILES string of the molecule is CN=C(NCc1cccc(CN2CCC(C)CC2)c1)N1CCN(C(=O)C2CCCO2)CC1.I. The molecule has 3 saturated heterocycles. The van der Waals surface area contributed by atoms with E-state index in [2.05, 4.69) is 51.3 Å². The van der Waals surface area contributed by atoms with Crippen molar-refractivity contribution in [2.75, 3.05) is 52.9 Å². The maximum absolute atomic E-state index is 12.6. The van der Waals surface area contributed by atoms with Gasteiger partial charge >= 0.3 is 0 Å². The summed E-state index contributed by atoms with van der Waals surface area (Å²) in [5, 5.41) is 3.53. The number of likely N-dealkylation sites (tertiary alicyclic amines) is 1. The fourth-order valence-corrected chi connectivity index (χ4v) is 4.94. The number of piperazine rings is 1. The Morgan fingerprint density at radius 3 is 2.42 bits per heavy atom. The van der Waals surface area contributed by atoms with Crippen molar-refractivity contribution >= 4 is 35.8 Å². The normalized spacial score (nSPS) is 22.8. The zero-order valence-electron chi connectivity index (χ0n) is 20.2. The first-order valence-electron chi connectivity index (χ1n) is 12.3. The minimum absolute atomic E-state index is 0. The van der Waals surface area contributed by atoms with E-state index in [-0.39, 0.29) is 36.0 Å². The van der Waals surface area contributed by atoms with Crippen molar-refractivity contribution in [3.8, 4) is 0 Å². The first kappa shape index (κ1) is 26.2. The minimum atomic E-state index is -0.223. The Bertz CT molecular complexity index is 783.